The van der Waals surface area contributed by atoms with E-state index in [1.54, 1.807) is 0 Å². The maximum absolute atomic E-state index is 5.54. The van der Waals surface area contributed by atoms with Crippen LogP contribution < -0.4 is 0 Å². The largest absolute Gasteiger partial charge is 0.0843 e. The average molecular weight is 192 g/mol. The molecule has 0 fully saturated rings. The van der Waals surface area contributed by atoms with Gasteiger partial charge in [-0.15, -0.1) is 0 Å². The molecule has 0 amide bonds. The van der Waals surface area contributed by atoms with Crippen LogP contribution in [0, 0.1) is 0 Å². The molecule has 0 bridgehead atoms. The Kier molecular flexibility index (Phi) is 3.98. The molecule has 1 rings (SSSR count). The molecule has 0 unspecified atom stereocenters. The molecule has 0 aliphatic carbocycles. The van der Waals surface area contributed by atoms with E-state index in [0.717, 1.165) is 5.02 Å². The Bertz CT molecular complexity index is 138. The molecular weight excluding hydrogens is 186 g/mol. The summed E-state index contributed by atoms with van der Waals surface area (Å²) in [5.41, 5.74) is 0. The Labute approximate surface area is 64.3 Å². The monoisotopic (exact) mass is 192 g/mol. The molecule has 0 aromatic heterocycles. The molecule has 0 aliphatic rings. The first-order valence-corrected chi connectivity index (χ1v) is 2.48. The van der Waals surface area contributed by atoms with Gasteiger partial charge >= 0.3 is 0 Å². The van der Waals surface area contributed by atoms with Gasteiger partial charge in [-0.3, -0.25) is 0 Å². The van der Waals surface area contributed by atoms with E-state index in [9.17, 15) is 0 Å². The molecule has 1 aromatic carbocycles. The van der Waals surface area contributed by atoms with Crippen molar-refractivity contribution in [2.75, 3.05) is 0 Å². The van der Waals surface area contributed by atoms with Crippen LogP contribution >= 0.6 is 11.6 Å². The Balaban J connectivity index is 0.000000490. The summed E-state index contributed by atoms with van der Waals surface area (Å²) in [6, 6.07) is 9.44. The van der Waals surface area contributed by atoms with Crippen molar-refractivity contribution in [2.24, 2.45) is 0 Å². The van der Waals surface area contributed by atoms with E-state index >= 15 is 0 Å². The Morgan fingerprint density at radius 1 is 1.00 bits per heavy atom. The van der Waals surface area contributed by atoms with Crippen molar-refractivity contribution in [1.82, 2.24) is 0 Å². The van der Waals surface area contributed by atoms with Crippen molar-refractivity contribution in [2.45, 2.75) is 0 Å². The van der Waals surface area contributed by atoms with Crippen molar-refractivity contribution in [3.63, 3.8) is 0 Å². The van der Waals surface area contributed by atoms with Crippen molar-refractivity contribution >= 4 is 28.7 Å². The van der Waals surface area contributed by atoms with Gasteiger partial charge in [0.05, 0.1) is 0 Å². The van der Waals surface area contributed by atoms with Gasteiger partial charge in [-0.25, -0.2) is 0 Å². The summed E-state index contributed by atoms with van der Waals surface area (Å²) in [4.78, 5) is 0. The summed E-state index contributed by atoms with van der Waals surface area (Å²) in [5.74, 6) is 0. The first kappa shape index (κ1) is 8.03. The first-order valence-electron chi connectivity index (χ1n) is 2.10. The Morgan fingerprint density at radius 2 is 1.50 bits per heavy atom. The van der Waals surface area contributed by atoms with Crippen molar-refractivity contribution in [3.05, 3.63) is 35.4 Å². The molecule has 8 heavy (non-hydrogen) atoms. The molecular formula is C6H5ClSe. The van der Waals surface area contributed by atoms with Gasteiger partial charge in [0.2, 0.25) is 0 Å². The number of rotatable bonds is 0. The van der Waals surface area contributed by atoms with Gasteiger partial charge in [0.25, 0.3) is 0 Å². The number of hydrogen-bond donors (Lipinski definition) is 0. The Morgan fingerprint density at radius 3 is 1.75 bits per heavy atom. The SMILES string of the molecule is Clc1ccccc1.[Se]. The van der Waals surface area contributed by atoms with Crippen LogP contribution in [-0.4, -0.2) is 17.1 Å². The van der Waals surface area contributed by atoms with E-state index in [4.69, 9.17) is 11.6 Å². The van der Waals surface area contributed by atoms with E-state index < -0.39 is 0 Å². The van der Waals surface area contributed by atoms with Gasteiger partial charge in [0, 0.05) is 22.1 Å². The van der Waals surface area contributed by atoms with Crippen molar-refractivity contribution in [1.29, 1.82) is 0 Å². The Hall–Kier alpha value is 0.0295. The maximum Gasteiger partial charge on any atom is 0.0405 e. The van der Waals surface area contributed by atoms with Gasteiger partial charge in [0.1, 0.15) is 0 Å². The van der Waals surface area contributed by atoms with Crippen molar-refractivity contribution < 1.29 is 0 Å². The van der Waals surface area contributed by atoms with Crippen LogP contribution in [0.3, 0.4) is 0 Å². The minimum absolute atomic E-state index is 0. The number of benzene rings is 1. The van der Waals surface area contributed by atoms with Crippen molar-refractivity contribution in [3.8, 4) is 0 Å². The third kappa shape index (κ3) is 2.37. The van der Waals surface area contributed by atoms with Crippen LogP contribution in [0.25, 0.3) is 0 Å². The maximum atomic E-state index is 5.54. The van der Waals surface area contributed by atoms with E-state index in [1.165, 1.54) is 0 Å². The molecule has 0 atom stereocenters. The molecule has 42 valence electrons. The van der Waals surface area contributed by atoms with Crippen LogP contribution in [0.2, 0.25) is 5.02 Å². The predicted octanol–water partition coefficient (Wildman–Crippen LogP) is 1.96. The second-order valence-electron chi connectivity index (χ2n) is 1.30. The van der Waals surface area contributed by atoms with Gasteiger partial charge < -0.3 is 0 Å². The molecule has 0 spiro atoms. The number of halogens is 1. The van der Waals surface area contributed by atoms with E-state index in [-0.39, 0.29) is 17.1 Å². The molecule has 0 aliphatic heterocycles. The third-order valence-corrected chi connectivity index (χ3v) is 0.985. The third-order valence-electron chi connectivity index (χ3n) is 0.733. The first-order chi connectivity index (χ1) is 3.39. The molecule has 1 aromatic rings. The summed E-state index contributed by atoms with van der Waals surface area (Å²) in [6.45, 7) is 0. The van der Waals surface area contributed by atoms with Crippen LogP contribution in [-0.2, 0) is 0 Å². The fourth-order valence-corrected chi connectivity index (χ4v) is 0.560. The second-order valence-corrected chi connectivity index (χ2v) is 1.73. The average Bonchev–Trinajstić information content (AvgIpc) is 1.69. The normalized spacial score (nSPS) is 7.62. The summed E-state index contributed by atoms with van der Waals surface area (Å²) in [6.07, 6.45) is 0. The zero-order valence-electron chi connectivity index (χ0n) is 4.17. The molecule has 2 radical (unpaired) electrons. The molecule has 0 nitrogen and oxygen atoms in total. The fourth-order valence-electron chi connectivity index (χ4n) is 0.415. The zero-order chi connectivity index (χ0) is 5.11. The van der Waals surface area contributed by atoms with Crippen LogP contribution in [0.15, 0.2) is 30.3 Å². The van der Waals surface area contributed by atoms with E-state index in [1.807, 2.05) is 30.3 Å². The van der Waals surface area contributed by atoms with Gasteiger partial charge in [0.15, 0.2) is 0 Å². The summed E-state index contributed by atoms with van der Waals surface area (Å²) < 4.78 is 0. The topological polar surface area (TPSA) is 0 Å². The molecule has 0 heterocycles. The minimum atomic E-state index is 0. The zero-order valence-corrected chi connectivity index (χ0v) is 6.64. The molecule has 0 saturated heterocycles. The fraction of sp³-hybridized carbons (Fsp3) is 0. The van der Waals surface area contributed by atoms with Crippen LogP contribution in [0.4, 0.5) is 0 Å². The van der Waals surface area contributed by atoms with E-state index in [2.05, 4.69) is 0 Å². The van der Waals surface area contributed by atoms with Gasteiger partial charge in [-0.05, 0) is 12.1 Å². The molecule has 0 N–H and O–H groups in total. The minimum Gasteiger partial charge on any atom is -0.0843 e. The standard InChI is InChI=1S/C6H5Cl.Se/c7-6-4-2-1-3-5-6;/h1-5H;. The smallest absolute Gasteiger partial charge is 0.0405 e. The molecule has 0 saturated carbocycles. The predicted molar refractivity (Wildman–Crippen MR) is 37.2 cm³/mol. The second kappa shape index (κ2) is 3.96. The molecule has 2 heteroatoms. The van der Waals surface area contributed by atoms with Crippen LogP contribution in [0.5, 0.6) is 0 Å². The summed E-state index contributed by atoms with van der Waals surface area (Å²) in [7, 11) is 0. The quantitative estimate of drug-likeness (QED) is 0.550. The number of hydrogen-bond acceptors (Lipinski definition) is 0. The van der Waals surface area contributed by atoms with Gasteiger partial charge in [-0.2, -0.15) is 0 Å². The summed E-state index contributed by atoms with van der Waals surface area (Å²) in [5, 5.41) is 0.794. The summed E-state index contributed by atoms with van der Waals surface area (Å²) >= 11 is 5.54. The van der Waals surface area contributed by atoms with Gasteiger partial charge in [-0.1, -0.05) is 29.8 Å². The van der Waals surface area contributed by atoms with Crippen LogP contribution in [0.1, 0.15) is 0 Å². The van der Waals surface area contributed by atoms with E-state index in [0.29, 0.717) is 0 Å².